The molecule has 0 saturated heterocycles. The second-order valence-electron chi connectivity index (χ2n) is 2.47. The fourth-order valence-electron chi connectivity index (χ4n) is 0.885. The quantitative estimate of drug-likeness (QED) is 0.735. The number of rotatable bonds is 3. The molecule has 8 heteroatoms. The van der Waals surface area contributed by atoms with Gasteiger partial charge in [0, 0.05) is 0 Å². The molecule has 0 saturated carbocycles. The lowest BCUT2D eigenvalue weighted by Crippen LogP contribution is -2.05. The van der Waals surface area contributed by atoms with Gasteiger partial charge in [0.25, 0.3) is 11.3 Å². The van der Waals surface area contributed by atoms with Crippen LogP contribution in [0.1, 0.15) is 10.4 Å². The summed E-state index contributed by atoms with van der Waals surface area (Å²) in [5.41, 5.74) is -0.173. The molecule has 1 rings (SSSR count). The Balaban J connectivity index is 3.23. The highest BCUT2D eigenvalue weighted by Crippen LogP contribution is 2.29. The van der Waals surface area contributed by atoms with Crippen LogP contribution in [0.5, 0.6) is 0 Å². The molecule has 0 aliphatic heterocycles. The minimum Gasteiger partial charge on any atom is -0.478 e. The highest BCUT2D eigenvalue weighted by atomic mass is 35.5. The zero-order chi connectivity index (χ0) is 11.6. The van der Waals surface area contributed by atoms with Crippen molar-refractivity contribution in [2.24, 2.45) is 0 Å². The maximum Gasteiger partial charge on any atom is 0.337 e. The van der Waals surface area contributed by atoms with Gasteiger partial charge in [0.1, 0.15) is 0 Å². The van der Waals surface area contributed by atoms with Crippen LogP contribution in [0.25, 0.3) is 0 Å². The summed E-state index contributed by atoms with van der Waals surface area (Å²) in [5, 5.41) is 8.74. The minimum absolute atomic E-state index is 0.0271. The Bertz CT molecular complexity index is 437. The van der Waals surface area contributed by atoms with Crippen molar-refractivity contribution < 1.29 is 18.7 Å². The Morgan fingerprint density at radius 3 is 2.40 bits per heavy atom. The first-order chi connectivity index (χ1) is 6.91. The zero-order valence-corrected chi connectivity index (χ0v) is 9.36. The summed E-state index contributed by atoms with van der Waals surface area (Å²) >= 11 is 8.94. The van der Waals surface area contributed by atoms with E-state index in [2.05, 4.69) is 4.72 Å². The summed E-state index contributed by atoms with van der Waals surface area (Å²) in [6.07, 6.45) is 0. The van der Waals surface area contributed by atoms with E-state index >= 15 is 0 Å². The molecule has 0 aromatic heterocycles. The second-order valence-corrected chi connectivity index (χ2v) is 3.99. The van der Waals surface area contributed by atoms with Crippen LogP contribution in [0.3, 0.4) is 0 Å². The van der Waals surface area contributed by atoms with Crippen molar-refractivity contribution in [1.82, 2.24) is 0 Å². The standard InChI is InChI=1S/C7H5Cl2NO4S/c8-4-2-5(9)6(10-15(13)14)1-3(4)7(11)12/h1-2,10H,(H,11,12)(H,13,14). The van der Waals surface area contributed by atoms with Crippen molar-refractivity contribution in [3.63, 3.8) is 0 Å². The van der Waals surface area contributed by atoms with E-state index in [1.165, 1.54) is 6.07 Å². The Morgan fingerprint density at radius 2 is 1.93 bits per heavy atom. The number of carbonyl (C=O) groups is 1. The normalized spacial score (nSPS) is 12.2. The Morgan fingerprint density at radius 1 is 1.33 bits per heavy atom. The summed E-state index contributed by atoms with van der Waals surface area (Å²) in [5.74, 6) is -1.25. The average Bonchev–Trinajstić information content (AvgIpc) is 2.08. The topological polar surface area (TPSA) is 86.6 Å². The highest BCUT2D eigenvalue weighted by Gasteiger charge is 2.13. The number of halogens is 2. The number of hydrogen-bond acceptors (Lipinski definition) is 2. The molecule has 1 unspecified atom stereocenters. The smallest absolute Gasteiger partial charge is 0.337 e. The molecule has 0 heterocycles. The van der Waals surface area contributed by atoms with Gasteiger partial charge in [-0.15, -0.1) is 0 Å². The van der Waals surface area contributed by atoms with Gasteiger partial charge in [-0.3, -0.25) is 9.27 Å². The Hall–Kier alpha value is -0.820. The van der Waals surface area contributed by atoms with E-state index in [9.17, 15) is 9.00 Å². The van der Waals surface area contributed by atoms with Crippen LogP contribution < -0.4 is 4.72 Å². The largest absolute Gasteiger partial charge is 0.478 e. The molecule has 0 spiro atoms. The van der Waals surface area contributed by atoms with E-state index in [1.54, 1.807) is 0 Å². The van der Waals surface area contributed by atoms with Crippen LogP contribution in [0.2, 0.25) is 10.0 Å². The van der Waals surface area contributed by atoms with Crippen molar-refractivity contribution in [2.45, 2.75) is 0 Å². The lowest BCUT2D eigenvalue weighted by atomic mass is 10.2. The molecule has 15 heavy (non-hydrogen) atoms. The van der Waals surface area contributed by atoms with Crippen molar-refractivity contribution >= 4 is 46.1 Å². The fraction of sp³-hybridized carbons (Fsp3) is 0. The molecule has 0 aliphatic carbocycles. The molecule has 1 aromatic rings. The second kappa shape index (κ2) is 4.80. The maximum absolute atomic E-state index is 10.7. The number of anilines is 1. The minimum atomic E-state index is -2.33. The zero-order valence-electron chi connectivity index (χ0n) is 7.03. The first-order valence-electron chi connectivity index (χ1n) is 3.51. The monoisotopic (exact) mass is 269 g/mol. The third-order valence-corrected chi connectivity index (χ3v) is 2.50. The van der Waals surface area contributed by atoms with Crippen LogP contribution in [0, 0.1) is 0 Å². The molecule has 0 bridgehead atoms. The van der Waals surface area contributed by atoms with Gasteiger partial charge in [-0.25, -0.2) is 9.00 Å². The van der Waals surface area contributed by atoms with Gasteiger partial charge in [-0.2, -0.15) is 0 Å². The third kappa shape index (κ3) is 3.07. The lowest BCUT2D eigenvalue weighted by Gasteiger charge is -2.06. The van der Waals surface area contributed by atoms with Crippen molar-refractivity contribution in [3.05, 3.63) is 27.7 Å². The van der Waals surface area contributed by atoms with Crippen LogP contribution in [0.15, 0.2) is 12.1 Å². The van der Waals surface area contributed by atoms with E-state index in [0.29, 0.717) is 0 Å². The molecule has 1 aromatic carbocycles. The van der Waals surface area contributed by atoms with Crippen molar-refractivity contribution in [1.29, 1.82) is 0 Å². The fourth-order valence-corrected chi connectivity index (χ4v) is 1.81. The molecule has 0 amide bonds. The first-order valence-corrected chi connectivity index (χ1v) is 5.38. The summed E-state index contributed by atoms with van der Waals surface area (Å²) in [7, 11) is 0. The molecule has 0 fully saturated rings. The molecule has 0 aliphatic rings. The Labute approximate surface area is 97.4 Å². The Kier molecular flexibility index (Phi) is 3.92. The van der Waals surface area contributed by atoms with Crippen LogP contribution in [-0.4, -0.2) is 19.8 Å². The van der Waals surface area contributed by atoms with Gasteiger partial charge in [-0.1, -0.05) is 23.2 Å². The van der Waals surface area contributed by atoms with Crippen LogP contribution in [0.4, 0.5) is 5.69 Å². The van der Waals surface area contributed by atoms with Gasteiger partial charge in [0.15, 0.2) is 0 Å². The number of carboxylic acids is 1. The summed E-state index contributed by atoms with van der Waals surface area (Å²) < 4.78 is 21.1. The van der Waals surface area contributed by atoms with Gasteiger partial charge >= 0.3 is 5.97 Å². The van der Waals surface area contributed by atoms with Crippen molar-refractivity contribution in [2.75, 3.05) is 4.72 Å². The summed E-state index contributed by atoms with van der Waals surface area (Å²) in [6, 6.07) is 2.27. The van der Waals surface area contributed by atoms with Crippen molar-refractivity contribution in [3.8, 4) is 0 Å². The molecule has 3 N–H and O–H groups in total. The van der Waals surface area contributed by atoms with E-state index < -0.39 is 17.2 Å². The number of hydrogen-bond donors (Lipinski definition) is 3. The number of nitrogens with one attached hydrogen (secondary N) is 1. The van der Waals surface area contributed by atoms with Gasteiger partial charge in [0.2, 0.25) is 0 Å². The average molecular weight is 270 g/mol. The van der Waals surface area contributed by atoms with Gasteiger partial charge in [-0.05, 0) is 12.1 Å². The van der Waals surface area contributed by atoms with E-state index in [4.69, 9.17) is 32.9 Å². The first kappa shape index (κ1) is 12.3. The molecular weight excluding hydrogens is 265 g/mol. The van der Waals surface area contributed by atoms with Crippen LogP contribution in [-0.2, 0) is 11.3 Å². The SMILES string of the molecule is O=C(O)c1cc(NS(=O)O)c(Cl)cc1Cl. The predicted molar refractivity (Wildman–Crippen MR) is 57.8 cm³/mol. The molecule has 1 atom stereocenters. The van der Waals surface area contributed by atoms with E-state index in [0.717, 1.165) is 6.07 Å². The third-order valence-electron chi connectivity index (χ3n) is 1.48. The number of aromatic carboxylic acids is 1. The molecule has 5 nitrogen and oxygen atoms in total. The molecule has 82 valence electrons. The van der Waals surface area contributed by atoms with Gasteiger partial charge < -0.3 is 5.11 Å². The summed E-state index contributed by atoms with van der Waals surface area (Å²) in [6.45, 7) is 0. The lowest BCUT2D eigenvalue weighted by molar-refractivity contribution is 0.0697. The number of benzene rings is 1. The number of carboxylic acid groups (broad SMARTS) is 1. The molecular formula is C7H5Cl2NO4S. The predicted octanol–water partition coefficient (Wildman–Crippen LogP) is 2.24. The van der Waals surface area contributed by atoms with Crippen LogP contribution >= 0.6 is 23.2 Å². The van der Waals surface area contributed by atoms with E-state index in [1.807, 2.05) is 0 Å². The van der Waals surface area contributed by atoms with E-state index in [-0.39, 0.29) is 21.3 Å². The summed E-state index contributed by atoms with van der Waals surface area (Å²) in [4.78, 5) is 10.7. The maximum atomic E-state index is 10.7. The molecule has 0 radical (unpaired) electrons. The highest BCUT2D eigenvalue weighted by molar-refractivity contribution is 7.80. The van der Waals surface area contributed by atoms with Gasteiger partial charge in [0.05, 0.1) is 21.3 Å².